The summed E-state index contributed by atoms with van der Waals surface area (Å²) in [6, 6.07) is 11.8. The van der Waals surface area contributed by atoms with Crippen molar-refractivity contribution in [2.75, 3.05) is 33.1 Å². The minimum Gasteiger partial charge on any atom is -0.493 e. The van der Waals surface area contributed by atoms with Gasteiger partial charge in [0.1, 0.15) is 0 Å². The largest absolute Gasteiger partial charge is 0.493 e. The summed E-state index contributed by atoms with van der Waals surface area (Å²) in [4.78, 5) is 7.31. The molecule has 2 aromatic carbocycles. The van der Waals surface area contributed by atoms with Crippen molar-refractivity contribution in [1.29, 1.82) is 5.26 Å². The minimum atomic E-state index is 0.0387. The first kappa shape index (κ1) is 24.5. The number of nitriles is 1. The van der Waals surface area contributed by atoms with Crippen LogP contribution in [-0.4, -0.2) is 50.8 Å². The molecule has 2 aliphatic rings. The molecule has 1 heterocycles. The maximum Gasteiger partial charge on any atom is 0.209 e. The second-order valence-corrected chi connectivity index (χ2v) is 9.77. The molecule has 2 N–H and O–H groups in total. The molecule has 1 saturated carbocycles. The van der Waals surface area contributed by atoms with Crippen molar-refractivity contribution in [2.45, 2.75) is 43.2 Å². The number of aliphatic imine (C=N–C) groups is 1. The highest BCUT2D eigenvalue weighted by molar-refractivity contribution is 6.35. The molecule has 0 bridgehead atoms. The molecule has 4 rings (SSSR count). The van der Waals surface area contributed by atoms with Crippen molar-refractivity contribution in [1.82, 2.24) is 10.2 Å². The fourth-order valence-electron chi connectivity index (χ4n) is 5.46. The zero-order valence-corrected chi connectivity index (χ0v) is 21.1. The highest BCUT2D eigenvalue weighted by Crippen LogP contribution is 2.50. The van der Waals surface area contributed by atoms with E-state index in [1.807, 2.05) is 12.3 Å². The van der Waals surface area contributed by atoms with Gasteiger partial charge >= 0.3 is 0 Å². The van der Waals surface area contributed by atoms with Crippen LogP contribution in [0, 0.1) is 11.5 Å². The molecular formula is C25H29Cl2N5O2. The second kappa shape index (κ2) is 10.3. The third-order valence-corrected chi connectivity index (χ3v) is 7.51. The number of benzene rings is 2. The number of methoxy groups -OCH3 is 2. The van der Waals surface area contributed by atoms with Crippen LogP contribution in [0.2, 0.25) is 10.0 Å². The summed E-state index contributed by atoms with van der Waals surface area (Å²) >= 11 is 12.2. The Kier molecular flexibility index (Phi) is 7.42. The molecule has 3 atom stereocenters. The lowest BCUT2D eigenvalue weighted by atomic mass is 9.65. The molecular weight excluding hydrogens is 473 g/mol. The van der Waals surface area contributed by atoms with Crippen molar-refractivity contribution in [3.05, 3.63) is 52.0 Å². The summed E-state index contributed by atoms with van der Waals surface area (Å²) in [5.74, 6) is 1.89. The Hall–Kier alpha value is -2.66. The van der Waals surface area contributed by atoms with E-state index in [9.17, 15) is 5.26 Å². The van der Waals surface area contributed by atoms with Gasteiger partial charge in [-0.25, -0.2) is 4.99 Å². The van der Waals surface area contributed by atoms with Crippen LogP contribution in [0.4, 0.5) is 5.69 Å². The van der Waals surface area contributed by atoms with E-state index in [-0.39, 0.29) is 11.5 Å². The predicted octanol–water partition coefficient (Wildman–Crippen LogP) is 5.04. The van der Waals surface area contributed by atoms with E-state index in [1.165, 1.54) is 5.56 Å². The van der Waals surface area contributed by atoms with Crippen LogP contribution in [0.5, 0.6) is 11.5 Å². The topological polar surface area (TPSA) is 81.9 Å². The summed E-state index contributed by atoms with van der Waals surface area (Å²) in [6.07, 6.45) is 5.85. The molecule has 0 spiro atoms. The Labute approximate surface area is 210 Å². The number of hydrogen-bond donors (Lipinski definition) is 2. The summed E-state index contributed by atoms with van der Waals surface area (Å²) in [6.45, 7) is 1.03. The van der Waals surface area contributed by atoms with E-state index < -0.39 is 0 Å². The first-order valence-corrected chi connectivity index (χ1v) is 12.0. The van der Waals surface area contributed by atoms with Crippen LogP contribution >= 0.6 is 23.2 Å². The number of ether oxygens (including phenoxy) is 2. The summed E-state index contributed by atoms with van der Waals surface area (Å²) in [5, 5.41) is 16.1. The average Bonchev–Trinajstić information content (AvgIpc) is 3.15. The predicted molar refractivity (Wildman–Crippen MR) is 136 cm³/mol. The zero-order chi connectivity index (χ0) is 24.3. The molecule has 9 heteroatoms. The van der Waals surface area contributed by atoms with E-state index in [0.717, 1.165) is 43.7 Å². The monoisotopic (exact) mass is 501 g/mol. The van der Waals surface area contributed by atoms with Crippen molar-refractivity contribution in [3.8, 4) is 17.7 Å². The number of fused-ring (bicyclic) bond motifs is 1. The van der Waals surface area contributed by atoms with Gasteiger partial charge in [0.2, 0.25) is 5.96 Å². The Morgan fingerprint density at radius 3 is 2.53 bits per heavy atom. The minimum absolute atomic E-state index is 0.0387. The first-order chi connectivity index (χ1) is 16.4. The number of nitrogens with one attached hydrogen (secondary N) is 2. The molecule has 0 amide bonds. The molecule has 34 heavy (non-hydrogen) atoms. The zero-order valence-electron chi connectivity index (χ0n) is 19.6. The molecule has 1 saturated heterocycles. The lowest BCUT2D eigenvalue weighted by molar-refractivity contribution is 0.168. The average molecular weight is 502 g/mol. The fourth-order valence-corrected chi connectivity index (χ4v) is 5.98. The molecule has 7 nitrogen and oxygen atoms in total. The van der Waals surface area contributed by atoms with Crippen molar-refractivity contribution in [2.24, 2.45) is 4.99 Å². The van der Waals surface area contributed by atoms with E-state index in [4.69, 9.17) is 37.7 Å². The SMILES string of the molecule is COc1ccc([C@@]23CC[C@H](N=C(NC#N)Nc4cc(Cl)cc(Cl)c4)C[C@H]2N(C)CC3)cc1OC. The van der Waals surface area contributed by atoms with Gasteiger partial charge in [-0.15, -0.1) is 0 Å². The number of hydrogen-bond acceptors (Lipinski definition) is 5. The van der Waals surface area contributed by atoms with Crippen LogP contribution in [0.25, 0.3) is 0 Å². The molecule has 0 unspecified atom stereocenters. The van der Waals surface area contributed by atoms with Crippen molar-refractivity contribution >= 4 is 34.8 Å². The quantitative estimate of drug-likeness (QED) is 0.258. The molecule has 2 aromatic rings. The smallest absolute Gasteiger partial charge is 0.209 e. The van der Waals surface area contributed by atoms with Crippen LogP contribution in [0.15, 0.2) is 41.4 Å². The van der Waals surface area contributed by atoms with Gasteiger partial charge in [-0.3, -0.25) is 5.32 Å². The third kappa shape index (κ3) is 4.90. The number of anilines is 1. The highest BCUT2D eigenvalue weighted by atomic mass is 35.5. The Morgan fingerprint density at radius 2 is 1.85 bits per heavy atom. The number of guanidine groups is 1. The van der Waals surface area contributed by atoms with Crippen LogP contribution in [0.3, 0.4) is 0 Å². The number of likely N-dealkylation sites (tertiary alicyclic amines) is 1. The number of nitrogens with zero attached hydrogens (tertiary/aromatic N) is 3. The van der Waals surface area contributed by atoms with Gasteiger partial charge in [0.05, 0.1) is 20.3 Å². The maximum atomic E-state index is 9.26. The van der Waals surface area contributed by atoms with Gasteiger partial charge < -0.3 is 19.7 Å². The molecule has 2 fully saturated rings. The number of likely N-dealkylation sites (N-methyl/N-ethyl adjacent to an activating group) is 1. The second-order valence-electron chi connectivity index (χ2n) is 8.90. The molecule has 0 aromatic heterocycles. The summed E-state index contributed by atoms with van der Waals surface area (Å²) < 4.78 is 11.0. The lowest BCUT2D eigenvalue weighted by Gasteiger charge is -2.44. The molecule has 1 aliphatic heterocycles. The van der Waals surface area contributed by atoms with E-state index in [0.29, 0.717) is 27.7 Å². The maximum absolute atomic E-state index is 9.26. The third-order valence-electron chi connectivity index (χ3n) is 7.07. The van der Waals surface area contributed by atoms with Gasteiger partial charge in [0.15, 0.2) is 17.7 Å². The fraction of sp³-hybridized carbons (Fsp3) is 0.440. The standard InChI is InChI=1S/C25H29Cl2N5O2/c1-32-9-8-25(16-4-5-21(33-2)22(10-16)34-3)7-6-19(14-23(25)32)30-24(29-15-28)31-20-12-17(26)11-18(27)13-20/h4-5,10-13,19,23H,6-9,14H2,1-3H3,(H2,29,30,31)/t19-,23+,25-/m0/s1. The first-order valence-electron chi connectivity index (χ1n) is 11.3. The molecule has 0 radical (unpaired) electrons. The molecule has 1 aliphatic carbocycles. The summed E-state index contributed by atoms with van der Waals surface area (Å²) in [5.41, 5.74) is 1.99. The normalized spacial score (nSPS) is 24.8. The number of halogens is 2. The summed E-state index contributed by atoms with van der Waals surface area (Å²) in [7, 11) is 5.51. The van der Waals surface area contributed by atoms with E-state index >= 15 is 0 Å². The van der Waals surface area contributed by atoms with E-state index in [1.54, 1.807) is 32.4 Å². The molecule has 180 valence electrons. The van der Waals surface area contributed by atoms with Crippen molar-refractivity contribution < 1.29 is 9.47 Å². The number of rotatable bonds is 5. The van der Waals surface area contributed by atoms with Crippen LogP contribution in [-0.2, 0) is 5.41 Å². The van der Waals surface area contributed by atoms with Gasteiger partial charge in [0.25, 0.3) is 0 Å². The van der Waals surface area contributed by atoms with Crippen LogP contribution < -0.4 is 20.1 Å². The Morgan fingerprint density at radius 1 is 1.12 bits per heavy atom. The van der Waals surface area contributed by atoms with E-state index in [2.05, 4.69) is 34.7 Å². The van der Waals surface area contributed by atoms with Crippen LogP contribution in [0.1, 0.15) is 31.2 Å². The van der Waals surface area contributed by atoms with Crippen molar-refractivity contribution in [3.63, 3.8) is 0 Å². The van der Waals surface area contributed by atoms with Gasteiger partial charge in [-0.1, -0.05) is 29.3 Å². The highest BCUT2D eigenvalue weighted by Gasteiger charge is 2.50. The Bertz CT molecular complexity index is 1100. The van der Waals surface area contributed by atoms with Gasteiger partial charge in [-0.2, -0.15) is 5.26 Å². The van der Waals surface area contributed by atoms with Gasteiger partial charge in [0, 0.05) is 27.2 Å². The van der Waals surface area contributed by atoms with Gasteiger partial charge in [-0.05, 0) is 75.2 Å². The Balaban J connectivity index is 1.58. The lowest BCUT2D eigenvalue weighted by Crippen LogP contribution is -2.47.